The number of oxime groups is 1. The van der Waals surface area contributed by atoms with Crippen molar-refractivity contribution in [1.82, 2.24) is 9.78 Å². The van der Waals surface area contributed by atoms with E-state index in [1.165, 1.54) is 0 Å². The first-order valence-corrected chi connectivity index (χ1v) is 7.02. The number of anilines is 1. The maximum absolute atomic E-state index is 8.98. The molecular formula is C14H25N5O. The highest BCUT2D eigenvalue weighted by Crippen LogP contribution is 2.36. The molecule has 1 aliphatic heterocycles. The molecule has 0 spiro atoms. The summed E-state index contributed by atoms with van der Waals surface area (Å²) in [4.78, 5) is 2.29. The molecule has 1 saturated heterocycles. The van der Waals surface area contributed by atoms with E-state index >= 15 is 0 Å². The van der Waals surface area contributed by atoms with Crippen molar-refractivity contribution in [3.05, 3.63) is 11.3 Å². The normalized spacial score (nSPS) is 20.8. The van der Waals surface area contributed by atoms with Crippen LogP contribution in [0.5, 0.6) is 0 Å². The predicted octanol–water partition coefficient (Wildman–Crippen LogP) is 1.70. The van der Waals surface area contributed by atoms with Gasteiger partial charge in [0, 0.05) is 20.1 Å². The molecule has 0 aliphatic carbocycles. The van der Waals surface area contributed by atoms with Gasteiger partial charge < -0.3 is 15.8 Å². The fraction of sp³-hybridized carbons (Fsp3) is 0.714. The Kier molecular flexibility index (Phi) is 3.67. The first-order chi connectivity index (χ1) is 9.25. The minimum absolute atomic E-state index is 0.129. The van der Waals surface area contributed by atoms with E-state index < -0.39 is 0 Å². The molecule has 1 aromatic rings. The van der Waals surface area contributed by atoms with Crippen molar-refractivity contribution >= 4 is 11.7 Å². The van der Waals surface area contributed by atoms with Crippen LogP contribution in [0.3, 0.4) is 0 Å². The van der Waals surface area contributed by atoms with Crippen molar-refractivity contribution in [2.75, 3.05) is 18.0 Å². The predicted molar refractivity (Wildman–Crippen MR) is 80.2 cm³/mol. The second-order valence-electron chi connectivity index (χ2n) is 6.69. The van der Waals surface area contributed by atoms with Crippen LogP contribution in [0.4, 0.5) is 5.82 Å². The van der Waals surface area contributed by atoms with Crippen molar-refractivity contribution < 1.29 is 5.21 Å². The monoisotopic (exact) mass is 279 g/mol. The number of nitrogens with zero attached hydrogens (tertiary/aromatic N) is 4. The molecule has 6 nitrogen and oxygen atoms in total. The van der Waals surface area contributed by atoms with Crippen LogP contribution in [0.15, 0.2) is 5.16 Å². The van der Waals surface area contributed by atoms with E-state index in [0.29, 0.717) is 11.3 Å². The molecule has 0 saturated carbocycles. The largest absolute Gasteiger partial charge is 0.409 e. The highest BCUT2D eigenvalue weighted by Gasteiger charge is 2.34. The number of hydrogen-bond acceptors (Lipinski definition) is 4. The van der Waals surface area contributed by atoms with Crippen LogP contribution >= 0.6 is 0 Å². The minimum atomic E-state index is 0.129. The standard InChI is InChI=1S/C14H25N5O/c1-9-11(12(15)17-20)13(18(5)16-9)19-7-6-10(8-19)14(2,3)4/h10,20H,6-8H2,1-5H3,(H2,15,17). The lowest BCUT2D eigenvalue weighted by Crippen LogP contribution is -2.29. The Morgan fingerprint density at radius 2 is 2.10 bits per heavy atom. The van der Waals surface area contributed by atoms with Gasteiger partial charge in [0.1, 0.15) is 5.82 Å². The first-order valence-electron chi connectivity index (χ1n) is 7.02. The Balaban J connectivity index is 2.35. The summed E-state index contributed by atoms with van der Waals surface area (Å²) in [7, 11) is 1.90. The molecule has 0 radical (unpaired) electrons. The Labute approximate surface area is 120 Å². The molecule has 1 fully saturated rings. The smallest absolute Gasteiger partial charge is 0.175 e. The first kappa shape index (κ1) is 14.7. The van der Waals surface area contributed by atoms with Gasteiger partial charge in [0.2, 0.25) is 0 Å². The van der Waals surface area contributed by atoms with Crippen molar-refractivity contribution in [3.8, 4) is 0 Å². The fourth-order valence-corrected chi connectivity index (χ4v) is 3.02. The summed E-state index contributed by atoms with van der Waals surface area (Å²) in [6, 6.07) is 0. The van der Waals surface area contributed by atoms with Crippen LogP contribution in [0.25, 0.3) is 0 Å². The number of hydrogen-bond donors (Lipinski definition) is 2. The van der Waals surface area contributed by atoms with Gasteiger partial charge in [-0.15, -0.1) is 0 Å². The van der Waals surface area contributed by atoms with Gasteiger partial charge in [-0.1, -0.05) is 25.9 Å². The van der Waals surface area contributed by atoms with Gasteiger partial charge in [0.25, 0.3) is 0 Å². The molecule has 3 N–H and O–H groups in total. The van der Waals surface area contributed by atoms with E-state index in [2.05, 4.69) is 35.9 Å². The zero-order valence-corrected chi connectivity index (χ0v) is 13.0. The van der Waals surface area contributed by atoms with Crippen LogP contribution in [0.1, 0.15) is 38.4 Å². The summed E-state index contributed by atoms with van der Waals surface area (Å²) in [5.41, 5.74) is 7.64. The summed E-state index contributed by atoms with van der Waals surface area (Å²) < 4.78 is 1.83. The average molecular weight is 279 g/mol. The quantitative estimate of drug-likeness (QED) is 0.374. The fourth-order valence-electron chi connectivity index (χ4n) is 3.02. The second-order valence-corrected chi connectivity index (χ2v) is 6.69. The van der Waals surface area contributed by atoms with Crippen molar-refractivity contribution in [2.45, 2.75) is 34.1 Å². The van der Waals surface area contributed by atoms with E-state index in [1.54, 1.807) is 0 Å². The number of nitrogens with two attached hydrogens (primary N) is 1. The lowest BCUT2D eigenvalue weighted by Gasteiger charge is -2.27. The third kappa shape index (κ3) is 2.46. The van der Waals surface area contributed by atoms with Crippen LogP contribution in [-0.2, 0) is 7.05 Å². The molecule has 112 valence electrons. The molecule has 0 amide bonds. The minimum Gasteiger partial charge on any atom is -0.409 e. The number of aryl methyl sites for hydroxylation is 2. The van der Waals surface area contributed by atoms with E-state index in [9.17, 15) is 0 Å². The molecule has 1 atom stereocenters. The second kappa shape index (κ2) is 5.00. The lowest BCUT2D eigenvalue weighted by atomic mass is 9.80. The van der Waals surface area contributed by atoms with E-state index in [-0.39, 0.29) is 5.84 Å². The Bertz CT molecular complexity index is 526. The third-order valence-corrected chi connectivity index (χ3v) is 4.27. The molecule has 0 bridgehead atoms. The van der Waals surface area contributed by atoms with Crippen molar-refractivity contribution in [3.63, 3.8) is 0 Å². The highest BCUT2D eigenvalue weighted by molar-refractivity contribution is 6.02. The maximum atomic E-state index is 8.98. The van der Waals surface area contributed by atoms with Gasteiger partial charge >= 0.3 is 0 Å². The van der Waals surface area contributed by atoms with Gasteiger partial charge in [-0.2, -0.15) is 5.10 Å². The van der Waals surface area contributed by atoms with Gasteiger partial charge in [-0.05, 0) is 24.7 Å². The molecule has 20 heavy (non-hydrogen) atoms. The van der Waals surface area contributed by atoms with Crippen LogP contribution < -0.4 is 10.6 Å². The molecule has 1 aromatic heterocycles. The molecular weight excluding hydrogens is 254 g/mol. The van der Waals surface area contributed by atoms with Gasteiger partial charge in [-0.25, -0.2) is 0 Å². The zero-order chi connectivity index (χ0) is 15.1. The van der Waals surface area contributed by atoms with Crippen molar-refractivity contribution in [1.29, 1.82) is 0 Å². The summed E-state index contributed by atoms with van der Waals surface area (Å²) in [6.45, 7) is 10.7. The zero-order valence-electron chi connectivity index (χ0n) is 13.0. The van der Waals surface area contributed by atoms with Crippen LogP contribution in [-0.4, -0.2) is 33.9 Å². The SMILES string of the molecule is Cc1nn(C)c(N2CCC(C(C)(C)C)C2)c1C(N)=NO. The van der Waals surface area contributed by atoms with Crippen LogP contribution in [0.2, 0.25) is 0 Å². The molecule has 1 unspecified atom stereocenters. The summed E-state index contributed by atoms with van der Waals surface area (Å²) in [6.07, 6.45) is 1.16. The topological polar surface area (TPSA) is 79.7 Å². The molecule has 6 heteroatoms. The van der Waals surface area contributed by atoms with Gasteiger partial charge in [-0.3, -0.25) is 4.68 Å². The lowest BCUT2D eigenvalue weighted by molar-refractivity contribution is 0.263. The summed E-state index contributed by atoms with van der Waals surface area (Å²) in [5.74, 6) is 1.72. The van der Waals surface area contributed by atoms with E-state index in [0.717, 1.165) is 36.6 Å². The van der Waals surface area contributed by atoms with E-state index in [4.69, 9.17) is 10.9 Å². The molecule has 2 heterocycles. The van der Waals surface area contributed by atoms with E-state index in [1.807, 2.05) is 18.7 Å². The average Bonchev–Trinajstić information content (AvgIpc) is 2.92. The van der Waals surface area contributed by atoms with Gasteiger partial charge in [0.15, 0.2) is 5.84 Å². The molecule has 2 rings (SSSR count). The van der Waals surface area contributed by atoms with Crippen molar-refractivity contribution in [2.24, 2.45) is 29.3 Å². The Hall–Kier alpha value is -1.72. The molecule has 1 aliphatic rings. The maximum Gasteiger partial charge on any atom is 0.175 e. The number of aromatic nitrogens is 2. The summed E-state index contributed by atoms with van der Waals surface area (Å²) in [5, 5.41) is 16.5. The number of rotatable bonds is 2. The van der Waals surface area contributed by atoms with Crippen LogP contribution in [0, 0.1) is 18.3 Å². The molecule has 0 aromatic carbocycles. The Morgan fingerprint density at radius 1 is 1.45 bits per heavy atom. The Morgan fingerprint density at radius 3 is 2.60 bits per heavy atom. The van der Waals surface area contributed by atoms with Gasteiger partial charge in [0.05, 0.1) is 11.3 Å². The third-order valence-electron chi connectivity index (χ3n) is 4.27. The summed E-state index contributed by atoms with van der Waals surface area (Å²) >= 11 is 0. The number of amidine groups is 1. The highest BCUT2D eigenvalue weighted by atomic mass is 16.4.